The predicted molar refractivity (Wildman–Crippen MR) is 74.7 cm³/mol. The van der Waals surface area contributed by atoms with Crippen LogP contribution in [0.15, 0.2) is 22.7 Å². The molecule has 0 amide bonds. The molecule has 18 heavy (non-hydrogen) atoms. The summed E-state index contributed by atoms with van der Waals surface area (Å²) in [4.78, 5) is 0. The smallest absolute Gasteiger partial charge is 0.0992 e. The van der Waals surface area contributed by atoms with Crippen molar-refractivity contribution in [2.24, 2.45) is 0 Å². The highest BCUT2D eigenvalue weighted by Gasteiger charge is 2.00. The average Bonchev–Trinajstić information content (AvgIpc) is 2.39. The van der Waals surface area contributed by atoms with Gasteiger partial charge in [-0.1, -0.05) is 0 Å². The zero-order chi connectivity index (χ0) is 13.2. The molecule has 0 saturated carbocycles. The quantitative estimate of drug-likeness (QED) is 0.750. The summed E-state index contributed by atoms with van der Waals surface area (Å²) in [5, 5.41) is 12.0. The Balaban J connectivity index is 2.21. The number of nitriles is 1. The number of ether oxygens (including phenoxy) is 2. The molecule has 4 nitrogen and oxygen atoms in total. The van der Waals surface area contributed by atoms with Gasteiger partial charge in [0.2, 0.25) is 0 Å². The molecule has 0 aliphatic carbocycles. The Labute approximate surface area is 116 Å². The lowest BCUT2D eigenvalue weighted by Gasteiger charge is -2.09. The lowest BCUT2D eigenvalue weighted by molar-refractivity contribution is 0.0705. The Hall–Kier alpha value is -1.09. The molecule has 1 aromatic carbocycles. The van der Waals surface area contributed by atoms with E-state index in [1.54, 1.807) is 19.2 Å². The lowest BCUT2D eigenvalue weighted by atomic mass is 10.2. The molecule has 0 aliphatic heterocycles. The summed E-state index contributed by atoms with van der Waals surface area (Å²) in [5.74, 6) is 0. The van der Waals surface area contributed by atoms with Gasteiger partial charge in [-0.15, -0.1) is 0 Å². The molecule has 0 unspecified atom stereocenters. The largest absolute Gasteiger partial charge is 0.384 e. The molecule has 0 saturated heterocycles. The second kappa shape index (κ2) is 8.92. The summed E-state index contributed by atoms with van der Waals surface area (Å²) >= 11 is 3.43. The Morgan fingerprint density at radius 2 is 2.17 bits per heavy atom. The van der Waals surface area contributed by atoms with Gasteiger partial charge >= 0.3 is 0 Å². The predicted octanol–water partition coefficient (Wildman–Crippen LogP) is 2.79. The van der Waals surface area contributed by atoms with E-state index in [2.05, 4.69) is 27.3 Å². The van der Waals surface area contributed by atoms with Gasteiger partial charge in [-0.3, -0.25) is 0 Å². The second-order valence-corrected chi connectivity index (χ2v) is 4.55. The molecule has 0 atom stereocenters. The Kier molecular flexibility index (Phi) is 7.42. The van der Waals surface area contributed by atoms with Crippen LogP contribution in [0, 0.1) is 11.3 Å². The van der Waals surface area contributed by atoms with Gasteiger partial charge in [-0.2, -0.15) is 5.26 Å². The van der Waals surface area contributed by atoms with Crippen molar-refractivity contribution in [3.8, 4) is 6.07 Å². The highest BCUT2D eigenvalue weighted by Crippen LogP contribution is 2.23. The van der Waals surface area contributed by atoms with Crippen LogP contribution in [-0.4, -0.2) is 33.5 Å². The average molecular weight is 313 g/mol. The van der Waals surface area contributed by atoms with Gasteiger partial charge in [0.15, 0.2) is 0 Å². The van der Waals surface area contributed by atoms with Crippen molar-refractivity contribution in [3.05, 3.63) is 28.2 Å². The maximum Gasteiger partial charge on any atom is 0.0992 e. The zero-order valence-electron chi connectivity index (χ0n) is 10.4. The van der Waals surface area contributed by atoms with Crippen LogP contribution in [0.4, 0.5) is 5.69 Å². The molecule has 1 N–H and O–H groups in total. The minimum Gasteiger partial charge on any atom is -0.384 e. The van der Waals surface area contributed by atoms with Crippen molar-refractivity contribution >= 4 is 21.6 Å². The third kappa shape index (κ3) is 5.50. The second-order valence-electron chi connectivity index (χ2n) is 3.69. The van der Waals surface area contributed by atoms with Crippen LogP contribution in [0.25, 0.3) is 0 Å². The van der Waals surface area contributed by atoms with Crippen LogP contribution in [0.2, 0.25) is 0 Å². The number of anilines is 1. The number of nitrogens with zero attached hydrogens (tertiary/aromatic N) is 1. The van der Waals surface area contributed by atoms with Gasteiger partial charge in [0.25, 0.3) is 0 Å². The molecular formula is C13H17BrN2O2. The van der Waals surface area contributed by atoms with Crippen LogP contribution < -0.4 is 5.32 Å². The van der Waals surface area contributed by atoms with E-state index in [9.17, 15) is 0 Å². The maximum atomic E-state index is 8.75. The highest BCUT2D eigenvalue weighted by atomic mass is 79.9. The molecule has 0 spiro atoms. The number of benzene rings is 1. The molecule has 98 valence electrons. The van der Waals surface area contributed by atoms with Crippen molar-refractivity contribution in [2.75, 3.05) is 38.8 Å². The van der Waals surface area contributed by atoms with E-state index < -0.39 is 0 Å². The van der Waals surface area contributed by atoms with Crippen LogP contribution in [0.5, 0.6) is 0 Å². The number of rotatable bonds is 8. The zero-order valence-corrected chi connectivity index (χ0v) is 12.0. The first-order valence-electron chi connectivity index (χ1n) is 5.78. The summed E-state index contributed by atoms with van der Waals surface area (Å²) in [7, 11) is 1.66. The van der Waals surface area contributed by atoms with E-state index in [4.69, 9.17) is 14.7 Å². The fourth-order valence-electron chi connectivity index (χ4n) is 1.37. The molecule has 0 bridgehead atoms. The first-order chi connectivity index (χ1) is 8.77. The molecule has 5 heteroatoms. The summed E-state index contributed by atoms with van der Waals surface area (Å²) < 4.78 is 11.1. The van der Waals surface area contributed by atoms with Crippen LogP contribution in [-0.2, 0) is 9.47 Å². The van der Waals surface area contributed by atoms with Crippen LogP contribution in [0.1, 0.15) is 12.0 Å². The fourth-order valence-corrected chi connectivity index (χ4v) is 1.89. The molecular weight excluding hydrogens is 296 g/mol. The summed E-state index contributed by atoms with van der Waals surface area (Å²) in [6.45, 7) is 2.81. The van der Waals surface area contributed by atoms with Crippen LogP contribution in [0.3, 0.4) is 0 Å². The number of nitrogens with one attached hydrogen (secondary N) is 1. The van der Waals surface area contributed by atoms with E-state index in [0.29, 0.717) is 25.4 Å². The van der Waals surface area contributed by atoms with Crippen molar-refractivity contribution in [2.45, 2.75) is 6.42 Å². The number of halogens is 1. The van der Waals surface area contributed by atoms with E-state index in [1.165, 1.54) is 0 Å². The Morgan fingerprint density at radius 3 is 2.83 bits per heavy atom. The molecule has 1 aromatic rings. The first kappa shape index (κ1) is 15.0. The van der Waals surface area contributed by atoms with Gasteiger partial charge in [-0.25, -0.2) is 0 Å². The third-order valence-electron chi connectivity index (χ3n) is 2.31. The third-order valence-corrected chi connectivity index (χ3v) is 2.97. The van der Waals surface area contributed by atoms with Crippen molar-refractivity contribution < 1.29 is 9.47 Å². The normalized spacial score (nSPS) is 10.1. The first-order valence-corrected chi connectivity index (χ1v) is 6.57. The number of methoxy groups -OCH3 is 1. The Bertz CT molecular complexity index is 404. The molecule has 0 aliphatic rings. The van der Waals surface area contributed by atoms with E-state index >= 15 is 0 Å². The summed E-state index contributed by atoms with van der Waals surface area (Å²) in [5.41, 5.74) is 1.64. The van der Waals surface area contributed by atoms with Gasteiger partial charge < -0.3 is 14.8 Å². The SMILES string of the molecule is COCCOCCCNc1ccc(C#N)cc1Br. The molecule has 0 aromatic heterocycles. The molecule has 0 fully saturated rings. The standard InChI is InChI=1S/C13H17BrN2O2/c1-17-7-8-18-6-2-5-16-13-4-3-11(10-15)9-12(13)14/h3-4,9,16H,2,5-8H2,1H3. The maximum absolute atomic E-state index is 8.75. The van der Waals surface area contributed by atoms with Crippen molar-refractivity contribution in [1.29, 1.82) is 5.26 Å². The van der Waals surface area contributed by atoms with Gasteiger partial charge in [-0.05, 0) is 40.5 Å². The van der Waals surface area contributed by atoms with Gasteiger partial charge in [0, 0.05) is 30.4 Å². The monoisotopic (exact) mass is 312 g/mol. The Morgan fingerprint density at radius 1 is 1.33 bits per heavy atom. The van der Waals surface area contributed by atoms with Crippen molar-refractivity contribution in [3.63, 3.8) is 0 Å². The van der Waals surface area contributed by atoms with E-state index in [1.807, 2.05) is 6.07 Å². The molecule has 0 radical (unpaired) electrons. The van der Waals surface area contributed by atoms with Crippen molar-refractivity contribution in [1.82, 2.24) is 0 Å². The van der Waals surface area contributed by atoms with E-state index in [-0.39, 0.29) is 0 Å². The van der Waals surface area contributed by atoms with Gasteiger partial charge in [0.1, 0.15) is 0 Å². The highest BCUT2D eigenvalue weighted by molar-refractivity contribution is 9.10. The lowest BCUT2D eigenvalue weighted by Crippen LogP contribution is -2.08. The van der Waals surface area contributed by atoms with Gasteiger partial charge in [0.05, 0.1) is 24.8 Å². The number of hydrogen-bond donors (Lipinski definition) is 1. The topological polar surface area (TPSA) is 54.3 Å². The fraction of sp³-hybridized carbons (Fsp3) is 0.462. The van der Waals surface area contributed by atoms with Crippen LogP contribution >= 0.6 is 15.9 Å². The summed E-state index contributed by atoms with van der Waals surface area (Å²) in [6, 6.07) is 7.60. The molecule has 0 heterocycles. The minimum absolute atomic E-state index is 0.634. The molecule has 1 rings (SSSR count). The summed E-state index contributed by atoms with van der Waals surface area (Å²) in [6.07, 6.45) is 0.927. The minimum atomic E-state index is 0.634. The van der Waals surface area contributed by atoms with E-state index in [0.717, 1.165) is 23.1 Å². The number of hydrogen-bond acceptors (Lipinski definition) is 4.